The van der Waals surface area contributed by atoms with E-state index in [1.807, 2.05) is 6.92 Å². The monoisotopic (exact) mass is 443 g/mol. The van der Waals surface area contributed by atoms with Crippen LogP contribution in [0.3, 0.4) is 0 Å². The maximum absolute atomic E-state index is 12.8. The molecular weight excluding hydrogens is 411 g/mol. The van der Waals surface area contributed by atoms with E-state index in [1.54, 1.807) is 0 Å². The van der Waals surface area contributed by atoms with E-state index in [0.29, 0.717) is 18.9 Å². The Kier molecular flexibility index (Phi) is 8.88. The molecule has 6 nitrogen and oxygen atoms in total. The third-order valence-electron chi connectivity index (χ3n) is 5.59. The number of nitrogens with one attached hydrogen (secondary N) is 3. The highest BCUT2D eigenvalue weighted by atomic mass is 19.4. The molecule has 4 atom stereocenters. The Bertz CT molecular complexity index is 755. The summed E-state index contributed by atoms with van der Waals surface area (Å²) in [5.74, 6) is -1.30. The first-order valence-corrected chi connectivity index (χ1v) is 10.7. The van der Waals surface area contributed by atoms with Crippen molar-refractivity contribution in [2.24, 2.45) is 5.92 Å². The summed E-state index contributed by atoms with van der Waals surface area (Å²) in [4.78, 5) is 24.6. The van der Waals surface area contributed by atoms with Crippen molar-refractivity contribution in [2.75, 3.05) is 6.54 Å². The van der Waals surface area contributed by atoms with Gasteiger partial charge < -0.3 is 21.1 Å². The summed E-state index contributed by atoms with van der Waals surface area (Å²) in [6, 6.07) is 4.41. The molecule has 0 unspecified atom stereocenters. The number of carbonyl (C=O) groups is 2. The molecule has 0 heterocycles. The molecule has 0 radical (unpaired) electrons. The Labute approximate surface area is 181 Å². The maximum atomic E-state index is 12.8. The van der Waals surface area contributed by atoms with Crippen molar-refractivity contribution < 1.29 is 27.9 Å². The summed E-state index contributed by atoms with van der Waals surface area (Å²) in [6.45, 7) is 5.66. The minimum absolute atomic E-state index is 0.113. The Morgan fingerprint density at radius 1 is 1.23 bits per heavy atom. The van der Waals surface area contributed by atoms with Crippen molar-refractivity contribution in [3.8, 4) is 0 Å². The topological polar surface area (TPSA) is 90.5 Å². The van der Waals surface area contributed by atoms with Crippen LogP contribution < -0.4 is 16.0 Å². The third-order valence-corrected chi connectivity index (χ3v) is 5.59. The molecule has 2 amide bonds. The average Bonchev–Trinajstić information content (AvgIpc) is 2.71. The number of rotatable bonds is 8. The normalized spacial score (nSPS) is 22.8. The maximum Gasteiger partial charge on any atom is 0.416 e. The van der Waals surface area contributed by atoms with E-state index < -0.39 is 29.7 Å². The van der Waals surface area contributed by atoms with E-state index in [1.165, 1.54) is 6.07 Å². The van der Waals surface area contributed by atoms with Gasteiger partial charge in [0, 0.05) is 29.6 Å². The van der Waals surface area contributed by atoms with Crippen LogP contribution in [-0.2, 0) is 11.0 Å². The van der Waals surface area contributed by atoms with Gasteiger partial charge in [0.25, 0.3) is 5.91 Å². The summed E-state index contributed by atoms with van der Waals surface area (Å²) in [7, 11) is 0. The molecule has 0 bridgehead atoms. The number of benzene rings is 1. The highest BCUT2D eigenvalue weighted by Crippen LogP contribution is 2.30. The number of amides is 2. The number of hydrogen-bond acceptors (Lipinski definition) is 4. The van der Waals surface area contributed by atoms with Gasteiger partial charge in [-0.3, -0.25) is 9.59 Å². The largest absolute Gasteiger partial charge is 0.416 e. The molecule has 1 aliphatic carbocycles. The number of alkyl halides is 3. The molecule has 1 aromatic rings. The van der Waals surface area contributed by atoms with E-state index in [0.717, 1.165) is 31.0 Å². The lowest BCUT2D eigenvalue weighted by atomic mass is 9.77. The first kappa shape index (κ1) is 25.1. The van der Waals surface area contributed by atoms with Crippen LogP contribution in [0.2, 0.25) is 0 Å². The first-order chi connectivity index (χ1) is 14.5. The Hall–Kier alpha value is -2.13. The Morgan fingerprint density at radius 2 is 1.94 bits per heavy atom. The lowest BCUT2D eigenvalue weighted by Crippen LogP contribution is -2.53. The van der Waals surface area contributed by atoms with Crippen LogP contribution in [0, 0.1) is 5.92 Å². The predicted octanol–water partition coefficient (Wildman–Crippen LogP) is 2.86. The minimum atomic E-state index is -4.55. The second-order valence-electron chi connectivity index (χ2n) is 8.41. The molecule has 1 aliphatic rings. The SMILES string of the molecule is CC[C@H](O)[C@@H]1C[C@H](NC(C)C)CC[C@@H]1NC(=O)CNC(=O)c1cccc(C(F)(F)F)c1. The van der Waals surface area contributed by atoms with Crippen molar-refractivity contribution in [1.82, 2.24) is 16.0 Å². The minimum Gasteiger partial charge on any atom is -0.393 e. The third kappa shape index (κ3) is 7.50. The first-order valence-electron chi connectivity index (χ1n) is 10.7. The fourth-order valence-electron chi connectivity index (χ4n) is 4.09. The zero-order valence-electron chi connectivity index (χ0n) is 18.1. The van der Waals surface area contributed by atoms with Gasteiger partial charge in [-0.05, 0) is 43.9 Å². The predicted molar refractivity (Wildman–Crippen MR) is 111 cm³/mol. The molecule has 1 saturated carbocycles. The van der Waals surface area contributed by atoms with Gasteiger partial charge in [0.1, 0.15) is 0 Å². The molecule has 1 fully saturated rings. The van der Waals surface area contributed by atoms with Crippen molar-refractivity contribution in [2.45, 2.75) is 76.9 Å². The van der Waals surface area contributed by atoms with E-state index >= 15 is 0 Å². The van der Waals surface area contributed by atoms with Crippen LogP contribution in [0.1, 0.15) is 62.4 Å². The summed E-state index contributed by atoms with van der Waals surface area (Å²) >= 11 is 0. The summed E-state index contributed by atoms with van der Waals surface area (Å²) in [6.07, 6.45) is -2.26. The van der Waals surface area contributed by atoms with Crippen molar-refractivity contribution in [3.05, 3.63) is 35.4 Å². The smallest absolute Gasteiger partial charge is 0.393 e. The van der Waals surface area contributed by atoms with E-state index in [4.69, 9.17) is 0 Å². The molecule has 0 aromatic heterocycles. The van der Waals surface area contributed by atoms with E-state index in [9.17, 15) is 27.9 Å². The Morgan fingerprint density at radius 3 is 2.55 bits per heavy atom. The summed E-state index contributed by atoms with van der Waals surface area (Å²) in [5, 5.41) is 19.2. The Balaban J connectivity index is 1.93. The highest BCUT2D eigenvalue weighted by molar-refractivity contribution is 5.96. The van der Waals surface area contributed by atoms with Gasteiger partial charge in [0.2, 0.25) is 5.91 Å². The molecule has 4 N–H and O–H groups in total. The number of halogens is 3. The summed E-state index contributed by atoms with van der Waals surface area (Å²) in [5.41, 5.74) is -1.09. The van der Waals surface area contributed by atoms with Crippen LogP contribution in [0.15, 0.2) is 24.3 Å². The molecule has 174 valence electrons. The van der Waals surface area contributed by atoms with Crippen LogP contribution >= 0.6 is 0 Å². The number of hydrogen-bond donors (Lipinski definition) is 4. The van der Waals surface area contributed by atoms with Gasteiger partial charge in [-0.25, -0.2) is 0 Å². The van der Waals surface area contributed by atoms with Crippen molar-refractivity contribution in [1.29, 1.82) is 0 Å². The highest BCUT2D eigenvalue weighted by Gasteiger charge is 2.35. The average molecular weight is 444 g/mol. The zero-order valence-corrected chi connectivity index (χ0v) is 18.1. The van der Waals surface area contributed by atoms with Crippen LogP contribution in [0.5, 0.6) is 0 Å². The quantitative estimate of drug-likeness (QED) is 0.497. The van der Waals surface area contributed by atoms with Crippen molar-refractivity contribution >= 4 is 11.8 Å². The van der Waals surface area contributed by atoms with Crippen molar-refractivity contribution in [3.63, 3.8) is 0 Å². The number of aliphatic hydroxyl groups is 1. The molecule has 0 saturated heterocycles. The van der Waals surface area contributed by atoms with Gasteiger partial charge in [0.05, 0.1) is 18.2 Å². The zero-order chi connectivity index (χ0) is 23.2. The molecule has 1 aromatic carbocycles. The van der Waals surface area contributed by atoms with Gasteiger partial charge in [-0.2, -0.15) is 13.2 Å². The van der Waals surface area contributed by atoms with Crippen LogP contribution in [0.25, 0.3) is 0 Å². The molecule has 9 heteroatoms. The second-order valence-corrected chi connectivity index (χ2v) is 8.41. The lowest BCUT2D eigenvalue weighted by molar-refractivity contribution is -0.137. The molecular formula is C22H32F3N3O3. The van der Waals surface area contributed by atoms with E-state index in [2.05, 4.69) is 29.8 Å². The second kappa shape index (κ2) is 10.9. The standard InChI is InChI=1S/C22H32F3N3O3/c1-4-19(29)17-11-16(27-13(2)3)8-9-18(17)28-20(30)12-26-21(31)14-6-5-7-15(10-14)22(23,24)25/h5-7,10,13,16-19,27,29H,4,8-9,11-12H2,1-3H3,(H,26,31)(H,28,30)/t16-,17-,18+,19+/m1/s1. The summed E-state index contributed by atoms with van der Waals surface area (Å²) < 4.78 is 38.4. The molecule has 0 aliphatic heterocycles. The van der Waals surface area contributed by atoms with Gasteiger partial charge in [-0.15, -0.1) is 0 Å². The number of aliphatic hydroxyl groups excluding tert-OH is 1. The molecule has 31 heavy (non-hydrogen) atoms. The van der Waals surface area contributed by atoms with E-state index in [-0.39, 0.29) is 30.1 Å². The van der Waals surface area contributed by atoms with Crippen LogP contribution in [0.4, 0.5) is 13.2 Å². The van der Waals surface area contributed by atoms with Gasteiger partial charge in [0.15, 0.2) is 0 Å². The fraction of sp³-hybridized carbons (Fsp3) is 0.636. The molecule has 0 spiro atoms. The van der Waals surface area contributed by atoms with Gasteiger partial charge >= 0.3 is 6.18 Å². The van der Waals surface area contributed by atoms with Gasteiger partial charge in [-0.1, -0.05) is 26.8 Å². The number of carbonyl (C=O) groups excluding carboxylic acids is 2. The van der Waals surface area contributed by atoms with Crippen LogP contribution in [-0.4, -0.2) is 47.7 Å². The molecule has 2 rings (SSSR count). The lowest BCUT2D eigenvalue weighted by Gasteiger charge is -2.40. The fourth-order valence-corrected chi connectivity index (χ4v) is 4.09.